The number of thioether (sulfide) groups is 1. The Hall–Kier alpha value is -1.04. The molecule has 3 atom stereocenters. The summed E-state index contributed by atoms with van der Waals surface area (Å²) in [7, 11) is 0. The van der Waals surface area contributed by atoms with Crippen LogP contribution in [0.2, 0.25) is 0 Å². The summed E-state index contributed by atoms with van der Waals surface area (Å²) in [5.41, 5.74) is 0.521. The number of epoxide rings is 1. The number of hydrogen-bond donors (Lipinski definition) is 0. The number of hydrogen-bond acceptors (Lipinski definition) is 4. The summed E-state index contributed by atoms with van der Waals surface area (Å²) < 4.78 is 11.5. The minimum Gasteiger partial charge on any atom is -0.354 e. The highest BCUT2D eigenvalue weighted by Gasteiger charge is 2.53. The molecule has 2 heterocycles. The van der Waals surface area contributed by atoms with Crippen molar-refractivity contribution < 1.29 is 14.3 Å². The molecule has 1 aromatic rings. The van der Waals surface area contributed by atoms with Gasteiger partial charge in [-0.2, -0.15) is 11.8 Å². The fourth-order valence-electron chi connectivity index (χ4n) is 3.13. The Labute approximate surface area is 136 Å². The molecule has 2 aliphatic heterocycles. The molecule has 0 aromatic heterocycles. The zero-order valence-corrected chi connectivity index (χ0v) is 14.1. The van der Waals surface area contributed by atoms with E-state index < -0.39 is 5.72 Å². The van der Waals surface area contributed by atoms with Gasteiger partial charge in [0.1, 0.15) is 11.8 Å². The molecule has 1 aromatic carbocycles. The molecule has 0 saturated carbocycles. The Bertz CT molecular complexity index is 534. The highest BCUT2D eigenvalue weighted by Crippen LogP contribution is 2.42. The van der Waals surface area contributed by atoms with E-state index in [2.05, 4.69) is 6.26 Å². The van der Waals surface area contributed by atoms with Crippen LogP contribution in [0.5, 0.6) is 0 Å². The van der Waals surface area contributed by atoms with Crippen molar-refractivity contribution >= 4 is 17.7 Å². The second kappa shape index (κ2) is 6.22. The van der Waals surface area contributed by atoms with E-state index in [9.17, 15) is 4.79 Å². The number of carbonyl (C=O) groups excluding carboxylic acids is 1. The first-order chi connectivity index (χ1) is 10.5. The third-order valence-electron chi connectivity index (χ3n) is 4.33. The molecular weight excluding hydrogens is 298 g/mol. The maximum Gasteiger partial charge on any atom is 0.257 e. The second-order valence-electron chi connectivity index (χ2n) is 6.29. The third kappa shape index (κ3) is 3.03. The minimum atomic E-state index is -0.548. The average Bonchev–Trinajstić information content (AvgIpc) is 3.25. The lowest BCUT2D eigenvalue weighted by molar-refractivity contribution is -0.147. The van der Waals surface area contributed by atoms with Crippen LogP contribution in [0, 0.1) is 0 Å². The number of carbonyl (C=O) groups is 1. The Morgan fingerprint density at radius 1 is 1.36 bits per heavy atom. The molecule has 4 nitrogen and oxygen atoms in total. The maximum atomic E-state index is 12.9. The van der Waals surface area contributed by atoms with E-state index in [4.69, 9.17) is 9.47 Å². The molecule has 5 heteroatoms. The fourth-order valence-corrected chi connectivity index (χ4v) is 3.64. The van der Waals surface area contributed by atoms with Crippen LogP contribution < -0.4 is 0 Å². The van der Waals surface area contributed by atoms with Crippen LogP contribution in [0.15, 0.2) is 30.3 Å². The first-order valence-corrected chi connectivity index (χ1v) is 9.10. The molecule has 1 amide bonds. The van der Waals surface area contributed by atoms with E-state index in [1.807, 2.05) is 49.1 Å². The summed E-state index contributed by atoms with van der Waals surface area (Å²) in [6, 6.07) is 10.1. The van der Waals surface area contributed by atoms with Gasteiger partial charge in [0.05, 0.1) is 12.6 Å². The molecule has 0 radical (unpaired) electrons. The van der Waals surface area contributed by atoms with E-state index in [1.165, 1.54) is 0 Å². The molecule has 3 rings (SSSR count). The van der Waals surface area contributed by atoms with Crippen molar-refractivity contribution in [3.8, 4) is 0 Å². The molecule has 0 aliphatic carbocycles. The lowest BCUT2D eigenvalue weighted by Crippen LogP contribution is -2.50. The van der Waals surface area contributed by atoms with E-state index in [1.54, 1.807) is 11.8 Å². The van der Waals surface area contributed by atoms with Crippen molar-refractivity contribution in [3.63, 3.8) is 0 Å². The topological polar surface area (TPSA) is 42.1 Å². The molecule has 22 heavy (non-hydrogen) atoms. The second-order valence-corrected chi connectivity index (χ2v) is 7.27. The Morgan fingerprint density at radius 3 is 2.77 bits per heavy atom. The van der Waals surface area contributed by atoms with Crippen molar-refractivity contribution in [1.82, 2.24) is 4.90 Å². The normalized spacial score (nSPS) is 29.6. The quantitative estimate of drug-likeness (QED) is 0.782. The Balaban J connectivity index is 1.70. The van der Waals surface area contributed by atoms with Gasteiger partial charge < -0.3 is 14.4 Å². The van der Waals surface area contributed by atoms with Gasteiger partial charge in [0.2, 0.25) is 0 Å². The van der Waals surface area contributed by atoms with Crippen LogP contribution >= 0.6 is 11.8 Å². The zero-order valence-electron chi connectivity index (χ0n) is 13.3. The van der Waals surface area contributed by atoms with E-state index in [-0.39, 0.29) is 24.2 Å². The molecule has 2 saturated heterocycles. The van der Waals surface area contributed by atoms with Crippen LogP contribution in [0.4, 0.5) is 0 Å². The first kappa shape index (κ1) is 15.8. The van der Waals surface area contributed by atoms with Crippen molar-refractivity contribution in [2.45, 2.75) is 44.2 Å². The largest absolute Gasteiger partial charge is 0.354 e. The standard InChI is InChI=1S/C17H23NO3S/c1-17(2)18(13(11-20-17)9-10-22-3)16(19)15-14(21-15)12-7-5-4-6-8-12/h4-8,13-15H,9-11H2,1-3H3/t13-,14+,15-/m0/s1. The summed E-state index contributed by atoms with van der Waals surface area (Å²) in [5.74, 6) is 1.09. The van der Waals surface area contributed by atoms with Gasteiger partial charge >= 0.3 is 0 Å². The summed E-state index contributed by atoms with van der Waals surface area (Å²) in [5, 5.41) is 0. The number of ether oxygens (including phenoxy) is 2. The molecule has 0 N–H and O–H groups in total. The predicted octanol–water partition coefficient (Wildman–Crippen LogP) is 2.84. The molecular formula is C17H23NO3S. The van der Waals surface area contributed by atoms with Crippen molar-refractivity contribution in [1.29, 1.82) is 0 Å². The smallest absolute Gasteiger partial charge is 0.257 e. The van der Waals surface area contributed by atoms with Crippen LogP contribution in [0.1, 0.15) is 31.9 Å². The number of rotatable bonds is 5. The monoisotopic (exact) mass is 321 g/mol. The first-order valence-electron chi connectivity index (χ1n) is 7.71. The van der Waals surface area contributed by atoms with Gasteiger partial charge in [-0.3, -0.25) is 4.79 Å². The van der Waals surface area contributed by atoms with Gasteiger partial charge in [-0.05, 0) is 37.8 Å². The molecule has 0 bridgehead atoms. The minimum absolute atomic E-state index is 0.0578. The lowest BCUT2D eigenvalue weighted by atomic mass is 10.1. The Morgan fingerprint density at radius 2 is 2.09 bits per heavy atom. The fraction of sp³-hybridized carbons (Fsp3) is 0.588. The van der Waals surface area contributed by atoms with Gasteiger partial charge in [0.15, 0.2) is 6.10 Å². The molecule has 2 fully saturated rings. The highest BCUT2D eigenvalue weighted by atomic mass is 32.2. The Kier molecular flexibility index (Phi) is 4.48. The summed E-state index contributed by atoms with van der Waals surface area (Å²) in [4.78, 5) is 14.8. The van der Waals surface area contributed by atoms with Gasteiger partial charge in [0, 0.05) is 0 Å². The van der Waals surface area contributed by atoms with Gasteiger partial charge in [-0.1, -0.05) is 30.3 Å². The highest BCUT2D eigenvalue weighted by molar-refractivity contribution is 7.98. The SMILES string of the molecule is CSCC[C@H]1COC(C)(C)N1C(=O)[C@H]1O[C@@H]1c1ccccc1. The van der Waals surface area contributed by atoms with Crippen LogP contribution in [0.3, 0.4) is 0 Å². The van der Waals surface area contributed by atoms with E-state index in [0.29, 0.717) is 6.61 Å². The van der Waals surface area contributed by atoms with Gasteiger partial charge in [-0.15, -0.1) is 0 Å². The molecule has 120 valence electrons. The third-order valence-corrected chi connectivity index (χ3v) is 4.97. The van der Waals surface area contributed by atoms with E-state index in [0.717, 1.165) is 17.7 Å². The van der Waals surface area contributed by atoms with Crippen LogP contribution in [-0.2, 0) is 14.3 Å². The summed E-state index contributed by atoms with van der Waals surface area (Å²) in [6.45, 7) is 4.54. The summed E-state index contributed by atoms with van der Waals surface area (Å²) in [6.07, 6.45) is 2.58. The average molecular weight is 321 g/mol. The van der Waals surface area contributed by atoms with Gasteiger partial charge in [-0.25, -0.2) is 0 Å². The predicted molar refractivity (Wildman–Crippen MR) is 87.7 cm³/mol. The number of benzene rings is 1. The van der Waals surface area contributed by atoms with Crippen LogP contribution in [0.25, 0.3) is 0 Å². The van der Waals surface area contributed by atoms with Crippen molar-refractivity contribution in [2.75, 3.05) is 18.6 Å². The van der Waals surface area contributed by atoms with Gasteiger partial charge in [0.25, 0.3) is 5.91 Å². The lowest BCUT2D eigenvalue weighted by Gasteiger charge is -2.33. The summed E-state index contributed by atoms with van der Waals surface area (Å²) >= 11 is 1.80. The van der Waals surface area contributed by atoms with Crippen molar-refractivity contribution in [2.24, 2.45) is 0 Å². The number of nitrogens with zero attached hydrogens (tertiary/aromatic N) is 1. The zero-order chi connectivity index (χ0) is 15.7. The molecule has 0 unspecified atom stereocenters. The van der Waals surface area contributed by atoms with Crippen LogP contribution in [-0.4, -0.2) is 47.3 Å². The number of amides is 1. The van der Waals surface area contributed by atoms with E-state index >= 15 is 0 Å². The van der Waals surface area contributed by atoms with Crippen molar-refractivity contribution in [3.05, 3.63) is 35.9 Å². The molecule has 0 spiro atoms. The maximum absolute atomic E-state index is 12.9. The molecule has 2 aliphatic rings.